The Hall–Kier alpha value is -2.86. The van der Waals surface area contributed by atoms with Crippen molar-refractivity contribution in [1.29, 1.82) is 0 Å². The van der Waals surface area contributed by atoms with Crippen molar-refractivity contribution in [3.05, 3.63) is 60.2 Å². The Morgan fingerprint density at radius 1 is 1.19 bits per heavy atom. The number of nitrogens with one attached hydrogen (secondary N) is 2. The summed E-state index contributed by atoms with van der Waals surface area (Å²) in [5.41, 5.74) is 1.58. The van der Waals surface area contributed by atoms with Crippen LogP contribution in [-0.4, -0.2) is 24.2 Å². The van der Waals surface area contributed by atoms with Crippen LogP contribution in [-0.2, 0) is 4.79 Å². The van der Waals surface area contributed by atoms with Crippen molar-refractivity contribution >= 4 is 35.0 Å². The number of para-hydroxylation sites is 1. The molecular weight excluding hydrogens is 360 g/mol. The minimum atomic E-state index is -0.324. The van der Waals surface area contributed by atoms with Crippen molar-refractivity contribution in [3.63, 3.8) is 0 Å². The second kappa shape index (κ2) is 10.3. The topological polar surface area (TPSA) is 59.6 Å². The third-order valence-corrected chi connectivity index (χ3v) is 4.02. The van der Waals surface area contributed by atoms with Crippen LogP contribution in [0.25, 0.3) is 6.08 Å². The van der Waals surface area contributed by atoms with Crippen LogP contribution in [0.2, 0.25) is 0 Å². The normalized spacial score (nSPS) is 11.7. The highest BCUT2D eigenvalue weighted by Gasteiger charge is 2.04. The summed E-state index contributed by atoms with van der Waals surface area (Å²) in [4.78, 5) is 12.0. The van der Waals surface area contributed by atoms with Gasteiger partial charge in [0.05, 0.1) is 13.2 Å². The van der Waals surface area contributed by atoms with Gasteiger partial charge >= 0.3 is 0 Å². The van der Waals surface area contributed by atoms with E-state index in [4.69, 9.17) is 21.7 Å². The van der Waals surface area contributed by atoms with Gasteiger partial charge in [-0.05, 0) is 62.0 Å². The summed E-state index contributed by atoms with van der Waals surface area (Å²) in [6, 6.07) is 14.9. The fourth-order valence-corrected chi connectivity index (χ4v) is 2.44. The molecule has 1 amide bonds. The highest BCUT2D eigenvalue weighted by molar-refractivity contribution is 7.80. The standard InChI is InChI=1S/C21H24N2O3S/c1-4-15(2)26-18-12-10-17(11-13-18)22-21(27)23-20(24)14-9-16-7-5-6-8-19(16)25-3/h5-15H,4H2,1-3H3,(H2,22,23,24,27)/b14-9+. The van der Waals surface area contributed by atoms with E-state index in [9.17, 15) is 4.79 Å². The number of ether oxygens (including phenoxy) is 2. The van der Waals surface area contributed by atoms with E-state index < -0.39 is 0 Å². The lowest BCUT2D eigenvalue weighted by Gasteiger charge is -2.13. The largest absolute Gasteiger partial charge is 0.496 e. The average Bonchev–Trinajstić information content (AvgIpc) is 2.67. The Morgan fingerprint density at radius 2 is 1.89 bits per heavy atom. The summed E-state index contributed by atoms with van der Waals surface area (Å²) in [6.07, 6.45) is 4.20. The van der Waals surface area contributed by atoms with Crippen LogP contribution < -0.4 is 20.1 Å². The van der Waals surface area contributed by atoms with Gasteiger partial charge in [-0.1, -0.05) is 25.1 Å². The molecule has 0 aliphatic carbocycles. The number of carbonyl (C=O) groups excluding carboxylic acids is 1. The molecule has 1 atom stereocenters. The van der Waals surface area contributed by atoms with Crippen LogP contribution in [0.15, 0.2) is 54.6 Å². The van der Waals surface area contributed by atoms with E-state index in [0.29, 0.717) is 5.75 Å². The summed E-state index contributed by atoms with van der Waals surface area (Å²) in [5.74, 6) is 1.17. The molecule has 142 valence electrons. The predicted molar refractivity (Wildman–Crippen MR) is 113 cm³/mol. The maximum absolute atomic E-state index is 12.0. The number of thiocarbonyl (C=S) groups is 1. The first-order chi connectivity index (χ1) is 13.0. The molecular formula is C21H24N2O3S. The summed E-state index contributed by atoms with van der Waals surface area (Å²) < 4.78 is 11.0. The number of rotatable bonds is 7. The zero-order valence-electron chi connectivity index (χ0n) is 15.7. The number of carbonyl (C=O) groups is 1. The van der Waals surface area contributed by atoms with Gasteiger partial charge in [0.25, 0.3) is 0 Å². The monoisotopic (exact) mass is 384 g/mol. The molecule has 0 aliphatic rings. The number of benzene rings is 2. The molecule has 1 unspecified atom stereocenters. The third kappa shape index (κ3) is 6.75. The highest BCUT2D eigenvalue weighted by Crippen LogP contribution is 2.19. The van der Waals surface area contributed by atoms with Gasteiger partial charge < -0.3 is 14.8 Å². The van der Waals surface area contributed by atoms with Crippen LogP contribution in [0.1, 0.15) is 25.8 Å². The number of amides is 1. The summed E-state index contributed by atoms with van der Waals surface area (Å²) in [5, 5.41) is 5.81. The Kier molecular flexibility index (Phi) is 7.82. The van der Waals surface area contributed by atoms with Gasteiger partial charge in [0.1, 0.15) is 11.5 Å². The zero-order valence-corrected chi connectivity index (χ0v) is 16.5. The first-order valence-electron chi connectivity index (χ1n) is 8.71. The van der Waals surface area contributed by atoms with Crippen molar-refractivity contribution in [2.24, 2.45) is 0 Å². The summed E-state index contributed by atoms with van der Waals surface area (Å²) in [7, 11) is 1.59. The van der Waals surface area contributed by atoms with Crippen LogP contribution in [0.4, 0.5) is 5.69 Å². The molecule has 27 heavy (non-hydrogen) atoms. The van der Waals surface area contributed by atoms with Gasteiger partial charge in [-0.15, -0.1) is 0 Å². The molecule has 2 aromatic rings. The van der Waals surface area contributed by atoms with Crippen molar-refractivity contribution in [2.45, 2.75) is 26.4 Å². The van der Waals surface area contributed by atoms with Gasteiger partial charge in [0, 0.05) is 17.3 Å². The van der Waals surface area contributed by atoms with Crippen molar-refractivity contribution in [1.82, 2.24) is 5.32 Å². The van der Waals surface area contributed by atoms with E-state index >= 15 is 0 Å². The van der Waals surface area contributed by atoms with Crippen molar-refractivity contribution < 1.29 is 14.3 Å². The maximum Gasteiger partial charge on any atom is 0.250 e. The molecule has 0 fully saturated rings. The molecule has 0 heterocycles. The first kappa shape index (κ1) is 20.5. The molecule has 2 aromatic carbocycles. The second-order valence-electron chi connectivity index (χ2n) is 5.88. The summed E-state index contributed by atoms with van der Waals surface area (Å²) >= 11 is 5.18. The van der Waals surface area contributed by atoms with E-state index in [1.807, 2.05) is 55.5 Å². The van der Waals surface area contributed by atoms with Gasteiger partial charge in [0.15, 0.2) is 5.11 Å². The van der Waals surface area contributed by atoms with E-state index in [0.717, 1.165) is 23.4 Å². The Bertz CT molecular complexity index is 803. The smallest absolute Gasteiger partial charge is 0.250 e. The van der Waals surface area contributed by atoms with Crippen molar-refractivity contribution in [3.8, 4) is 11.5 Å². The van der Waals surface area contributed by atoms with Gasteiger partial charge in [-0.25, -0.2) is 0 Å². The molecule has 0 aliphatic heterocycles. The highest BCUT2D eigenvalue weighted by atomic mass is 32.1. The molecule has 2 N–H and O–H groups in total. The lowest BCUT2D eigenvalue weighted by molar-refractivity contribution is -0.115. The fourth-order valence-electron chi connectivity index (χ4n) is 2.22. The molecule has 0 spiro atoms. The predicted octanol–water partition coefficient (Wildman–Crippen LogP) is 4.40. The lowest BCUT2D eigenvalue weighted by Crippen LogP contribution is -2.32. The molecule has 5 nitrogen and oxygen atoms in total. The Labute approximate surface area is 165 Å². The quantitative estimate of drug-likeness (QED) is 0.547. The number of anilines is 1. The number of hydrogen-bond acceptors (Lipinski definition) is 4. The Morgan fingerprint density at radius 3 is 2.56 bits per heavy atom. The molecule has 0 aromatic heterocycles. The molecule has 0 saturated carbocycles. The van der Waals surface area contributed by atoms with Crippen LogP contribution in [0.5, 0.6) is 11.5 Å². The van der Waals surface area contributed by atoms with Crippen LogP contribution in [0.3, 0.4) is 0 Å². The first-order valence-corrected chi connectivity index (χ1v) is 9.12. The summed E-state index contributed by atoms with van der Waals surface area (Å²) in [6.45, 7) is 4.10. The Balaban J connectivity index is 1.87. The zero-order chi connectivity index (χ0) is 19.6. The van der Waals surface area contributed by atoms with E-state index in [-0.39, 0.29) is 17.1 Å². The molecule has 0 bridgehead atoms. The average molecular weight is 385 g/mol. The maximum atomic E-state index is 12.0. The number of hydrogen-bond donors (Lipinski definition) is 2. The third-order valence-electron chi connectivity index (χ3n) is 3.81. The van der Waals surface area contributed by atoms with E-state index in [1.165, 1.54) is 6.08 Å². The van der Waals surface area contributed by atoms with Crippen LogP contribution in [0, 0.1) is 0 Å². The van der Waals surface area contributed by atoms with Crippen LogP contribution >= 0.6 is 12.2 Å². The second-order valence-corrected chi connectivity index (χ2v) is 6.29. The number of methoxy groups -OCH3 is 1. The van der Waals surface area contributed by atoms with Gasteiger partial charge in [-0.3, -0.25) is 10.1 Å². The lowest BCUT2D eigenvalue weighted by atomic mass is 10.2. The molecule has 0 saturated heterocycles. The van der Waals surface area contributed by atoms with E-state index in [1.54, 1.807) is 13.2 Å². The van der Waals surface area contributed by atoms with Gasteiger partial charge in [0.2, 0.25) is 5.91 Å². The van der Waals surface area contributed by atoms with Crippen molar-refractivity contribution in [2.75, 3.05) is 12.4 Å². The molecule has 0 radical (unpaired) electrons. The fraction of sp³-hybridized carbons (Fsp3) is 0.238. The molecule has 2 rings (SSSR count). The SMILES string of the molecule is CCC(C)Oc1ccc(NC(=S)NC(=O)/C=C/c2ccccc2OC)cc1. The molecule has 6 heteroatoms. The van der Waals surface area contributed by atoms with Gasteiger partial charge in [-0.2, -0.15) is 0 Å². The minimum Gasteiger partial charge on any atom is -0.496 e. The van der Waals surface area contributed by atoms with E-state index in [2.05, 4.69) is 17.6 Å². The minimum absolute atomic E-state index is 0.166.